The predicted molar refractivity (Wildman–Crippen MR) is 93.9 cm³/mol. The molecule has 0 aliphatic rings. The van der Waals surface area contributed by atoms with Gasteiger partial charge in [-0.25, -0.2) is 4.98 Å². The summed E-state index contributed by atoms with van der Waals surface area (Å²) in [6.45, 7) is 1.60. The number of anilines is 2. The van der Waals surface area contributed by atoms with Crippen LogP contribution in [0.2, 0.25) is 0 Å². The molecule has 0 unspecified atom stereocenters. The molecule has 6 N–H and O–H groups in total. The third-order valence-corrected chi connectivity index (χ3v) is 2.90. The number of nitrogen functional groups attached to an aromatic ring is 1. The second-order valence-electron chi connectivity index (χ2n) is 4.97. The van der Waals surface area contributed by atoms with Crippen molar-refractivity contribution in [3.8, 4) is 0 Å². The van der Waals surface area contributed by atoms with Crippen molar-refractivity contribution in [1.82, 2.24) is 4.98 Å². The number of amides is 2. The van der Waals surface area contributed by atoms with Crippen molar-refractivity contribution in [3.63, 3.8) is 0 Å². The Kier molecular flexibility index (Phi) is 7.58. The lowest BCUT2D eigenvalue weighted by molar-refractivity contribution is -0.136. The average Bonchev–Trinajstić information content (AvgIpc) is 2.55. The summed E-state index contributed by atoms with van der Waals surface area (Å²) in [6, 6.07) is 11.5. The number of nitrogens with two attached hydrogens (primary N) is 2. The molecule has 0 saturated heterocycles. The highest BCUT2D eigenvalue weighted by atomic mass is 16.4. The van der Waals surface area contributed by atoms with Crippen LogP contribution in [0.5, 0.6) is 0 Å². The molecule has 132 valence electrons. The van der Waals surface area contributed by atoms with Gasteiger partial charge in [0.15, 0.2) is 0 Å². The first-order chi connectivity index (χ1) is 11.8. The van der Waals surface area contributed by atoms with E-state index in [1.165, 1.54) is 6.07 Å². The van der Waals surface area contributed by atoms with Gasteiger partial charge in [-0.2, -0.15) is 0 Å². The van der Waals surface area contributed by atoms with Crippen LogP contribution in [0.3, 0.4) is 0 Å². The number of carbonyl (C=O) groups excluding carboxylic acids is 2. The Labute approximate surface area is 144 Å². The highest BCUT2D eigenvalue weighted by Crippen LogP contribution is 2.11. The molecule has 0 saturated carbocycles. The molecule has 0 aliphatic heterocycles. The number of carbonyl (C=O) groups is 3. The van der Waals surface area contributed by atoms with E-state index in [4.69, 9.17) is 16.6 Å². The Bertz CT molecular complexity index is 762. The molecule has 0 atom stereocenters. The number of hydrogen-bond acceptors (Lipinski definition) is 5. The van der Waals surface area contributed by atoms with Crippen LogP contribution >= 0.6 is 0 Å². The van der Waals surface area contributed by atoms with Crippen molar-refractivity contribution in [2.45, 2.75) is 19.8 Å². The van der Waals surface area contributed by atoms with Gasteiger partial charge in [0.2, 0.25) is 11.8 Å². The number of benzene rings is 1. The van der Waals surface area contributed by atoms with Crippen molar-refractivity contribution in [2.75, 3.05) is 11.1 Å². The minimum atomic E-state index is -0.745. The molecule has 0 radical (unpaired) electrons. The monoisotopic (exact) mass is 344 g/mol. The summed E-state index contributed by atoms with van der Waals surface area (Å²) in [7, 11) is 0. The molecule has 1 heterocycles. The lowest BCUT2D eigenvalue weighted by atomic mass is 10.2. The molecule has 8 nitrogen and oxygen atoms in total. The van der Waals surface area contributed by atoms with Crippen LogP contribution in [0.25, 0.3) is 0 Å². The highest BCUT2D eigenvalue weighted by Gasteiger charge is 2.07. The zero-order chi connectivity index (χ0) is 18.8. The number of aliphatic carboxylic acids is 1. The fraction of sp³-hybridized carbons (Fsp3) is 0.176. The number of carboxylic acids is 1. The molecule has 0 fully saturated rings. The van der Waals surface area contributed by atoms with Gasteiger partial charge in [-0.15, -0.1) is 0 Å². The summed E-state index contributed by atoms with van der Waals surface area (Å²) >= 11 is 0. The molecule has 2 rings (SSSR count). The number of nitrogens with one attached hydrogen (secondary N) is 1. The first kappa shape index (κ1) is 19.6. The summed E-state index contributed by atoms with van der Waals surface area (Å²) < 4.78 is 0. The van der Waals surface area contributed by atoms with Gasteiger partial charge in [0, 0.05) is 17.7 Å². The van der Waals surface area contributed by atoms with Crippen LogP contribution in [-0.4, -0.2) is 27.9 Å². The molecular formula is C17H20N4O4. The second-order valence-corrected chi connectivity index (χ2v) is 4.97. The Morgan fingerprint density at radius 3 is 2.36 bits per heavy atom. The van der Waals surface area contributed by atoms with Gasteiger partial charge >= 0.3 is 5.97 Å². The standard InChI is InChI=1S/C14H14N4O2.C3H6O2/c15-12-6-2-5-11(17-12)8-13(19)18-10-4-1-3-9(7-10)14(16)20;1-2-3(4)5/h1-7H,8H2,(H2,15,17)(H2,16,20)(H,18,19);2H2,1H3,(H,4,5). The lowest BCUT2D eigenvalue weighted by Gasteiger charge is -2.06. The highest BCUT2D eigenvalue weighted by molar-refractivity contribution is 5.96. The van der Waals surface area contributed by atoms with Crippen LogP contribution in [0, 0.1) is 0 Å². The van der Waals surface area contributed by atoms with E-state index in [1.807, 2.05) is 0 Å². The Hall–Kier alpha value is -3.42. The molecule has 0 aliphatic carbocycles. The van der Waals surface area contributed by atoms with Crippen molar-refractivity contribution < 1.29 is 19.5 Å². The van der Waals surface area contributed by atoms with Crippen LogP contribution in [-0.2, 0) is 16.0 Å². The maximum Gasteiger partial charge on any atom is 0.303 e. The molecule has 2 aromatic rings. The molecule has 2 amide bonds. The van der Waals surface area contributed by atoms with E-state index in [0.29, 0.717) is 22.8 Å². The van der Waals surface area contributed by atoms with E-state index in [1.54, 1.807) is 43.3 Å². The van der Waals surface area contributed by atoms with E-state index >= 15 is 0 Å². The third-order valence-electron chi connectivity index (χ3n) is 2.90. The number of hydrogen-bond donors (Lipinski definition) is 4. The van der Waals surface area contributed by atoms with Crippen LogP contribution in [0.1, 0.15) is 29.4 Å². The largest absolute Gasteiger partial charge is 0.481 e. The van der Waals surface area contributed by atoms with Crippen LogP contribution in [0.15, 0.2) is 42.5 Å². The summed E-state index contributed by atoms with van der Waals surface area (Å²) in [4.78, 5) is 36.3. The number of carboxylic acid groups (broad SMARTS) is 1. The van der Waals surface area contributed by atoms with Crippen LogP contribution in [0.4, 0.5) is 11.5 Å². The lowest BCUT2D eigenvalue weighted by Crippen LogP contribution is -2.16. The number of aromatic nitrogens is 1. The first-order valence-corrected chi connectivity index (χ1v) is 7.44. The van der Waals surface area contributed by atoms with Crippen molar-refractivity contribution in [2.24, 2.45) is 5.73 Å². The molecule has 1 aromatic heterocycles. The van der Waals surface area contributed by atoms with Gasteiger partial charge in [-0.05, 0) is 30.3 Å². The van der Waals surface area contributed by atoms with Gasteiger partial charge in [0.1, 0.15) is 5.82 Å². The maximum atomic E-state index is 11.9. The number of pyridine rings is 1. The molecule has 8 heteroatoms. The molecule has 1 aromatic carbocycles. The van der Waals surface area contributed by atoms with E-state index in [0.717, 1.165) is 0 Å². The molecular weight excluding hydrogens is 324 g/mol. The molecule has 25 heavy (non-hydrogen) atoms. The number of nitrogens with zero attached hydrogens (tertiary/aromatic N) is 1. The molecule has 0 bridgehead atoms. The Balaban J connectivity index is 0.000000550. The van der Waals surface area contributed by atoms with Crippen molar-refractivity contribution >= 4 is 29.3 Å². The summed E-state index contributed by atoms with van der Waals surface area (Å²) in [6.07, 6.45) is 0.325. The smallest absolute Gasteiger partial charge is 0.303 e. The second kappa shape index (κ2) is 9.66. The fourth-order valence-electron chi connectivity index (χ4n) is 1.72. The van der Waals surface area contributed by atoms with E-state index in [-0.39, 0.29) is 18.7 Å². The maximum absolute atomic E-state index is 11.9. The third kappa shape index (κ3) is 7.60. The predicted octanol–water partition coefficient (Wildman–Crippen LogP) is 1.42. The summed E-state index contributed by atoms with van der Waals surface area (Å²) in [5, 5.41) is 10.4. The van der Waals surface area contributed by atoms with Crippen molar-refractivity contribution in [3.05, 3.63) is 53.7 Å². The van der Waals surface area contributed by atoms with Gasteiger partial charge in [-0.1, -0.05) is 19.1 Å². The topological polar surface area (TPSA) is 148 Å². The average molecular weight is 344 g/mol. The van der Waals surface area contributed by atoms with E-state index < -0.39 is 11.9 Å². The number of primary amides is 1. The quantitative estimate of drug-likeness (QED) is 0.644. The van der Waals surface area contributed by atoms with E-state index in [9.17, 15) is 14.4 Å². The van der Waals surface area contributed by atoms with Gasteiger partial charge < -0.3 is 21.9 Å². The zero-order valence-corrected chi connectivity index (χ0v) is 13.7. The minimum Gasteiger partial charge on any atom is -0.481 e. The Morgan fingerprint density at radius 2 is 1.80 bits per heavy atom. The van der Waals surface area contributed by atoms with E-state index in [2.05, 4.69) is 10.3 Å². The molecule has 0 spiro atoms. The van der Waals surface area contributed by atoms with Gasteiger partial charge in [-0.3, -0.25) is 14.4 Å². The SMILES string of the molecule is CCC(=O)O.NC(=O)c1cccc(NC(=O)Cc2cccc(N)n2)c1. The van der Waals surface area contributed by atoms with Gasteiger partial charge in [0.05, 0.1) is 12.1 Å². The zero-order valence-electron chi connectivity index (χ0n) is 13.7. The minimum absolute atomic E-state index is 0.103. The number of rotatable bonds is 5. The first-order valence-electron chi connectivity index (χ1n) is 7.44. The summed E-state index contributed by atoms with van der Waals surface area (Å²) in [5.74, 6) is -1.17. The van der Waals surface area contributed by atoms with Gasteiger partial charge in [0.25, 0.3) is 0 Å². The van der Waals surface area contributed by atoms with Crippen LogP contribution < -0.4 is 16.8 Å². The Morgan fingerprint density at radius 1 is 1.16 bits per heavy atom. The fourth-order valence-corrected chi connectivity index (χ4v) is 1.72. The van der Waals surface area contributed by atoms with Crippen molar-refractivity contribution in [1.29, 1.82) is 0 Å². The normalized spacial score (nSPS) is 9.48. The summed E-state index contributed by atoms with van der Waals surface area (Å²) in [5.41, 5.74) is 12.1.